The Hall–Kier alpha value is -1.48. The molecule has 94 valence electrons. The summed E-state index contributed by atoms with van der Waals surface area (Å²) in [4.78, 5) is 4.06. The fourth-order valence-electron chi connectivity index (χ4n) is 1.59. The average Bonchev–Trinajstić information content (AvgIpc) is 2.38. The number of nitrogens with zero attached hydrogens (tertiary/aromatic N) is 1. The van der Waals surface area contributed by atoms with Crippen molar-refractivity contribution >= 4 is 11.6 Å². The van der Waals surface area contributed by atoms with E-state index in [4.69, 9.17) is 11.6 Å². The SMILES string of the molecule is CC(F)(F)c1ccc(-c2ccc(CCl)cc2)nc1. The number of rotatable bonds is 3. The van der Waals surface area contributed by atoms with Gasteiger partial charge < -0.3 is 0 Å². The van der Waals surface area contributed by atoms with E-state index in [9.17, 15) is 8.78 Å². The highest BCUT2D eigenvalue weighted by Crippen LogP contribution is 2.27. The molecule has 0 N–H and O–H groups in total. The van der Waals surface area contributed by atoms with Crippen LogP contribution in [0.3, 0.4) is 0 Å². The smallest absolute Gasteiger partial charge is 0.256 e. The highest BCUT2D eigenvalue weighted by Gasteiger charge is 2.24. The van der Waals surface area contributed by atoms with Gasteiger partial charge in [-0.1, -0.05) is 24.3 Å². The predicted octanol–water partition coefficient (Wildman–Crippen LogP) is 4.60. The minimum atomic E-state index is -2.85. The standard InChI is InChI=1S/C14H12ClF2N/c1-14(16,17)12-6-7-13(18-9-12)11-4-2-10(8-15)3-5-11/h2-7,9H,8H2,1H3. The first kappa shape index (κ1) is 13.0. The maximum Gasteiger partial charge on any atom is 0.272 e. The van der Waals surface area contributed by atoms with Crippen LogP contribution in [0.25, 0.3) is 11.3 Å². The lowest BCUT2D eigenvalue weighted by atomic mass is 10.1. The van der Waals surface area contributed by atoms with Gasteiger partial charge in [-0.15, -0.1) is 11.6 Å². The van der Waals surface area contributed by atoms with Crippen LogP contribution in [0, 0.1) is 0 Å². The minimum absolute atomic E-state index is 0.0800. The molecule has 0 amide bonds. The van der Waals surface area contributed by atoms with Gasteiger partial charge in [-0.2, -0.15) is 0 Å². The van der Waals surface area contributed by atoms with E-state index in [-0.39, 0.29) is 5.56 Å². The van der Waals surface area contributed by atoms with Crippen molar-refractivity contribution in [1.29, 1.82) is 0 Å². The number of alkyl halides is 3. The quantitative estimate of drug-likeness (QED) is 0.741. The van der Waals surface area contributed by atoms with Crippen LogP contribution in [-0.4, -0.2) is 4.98 Å². The summed E-state index contributed by atoms with van der Waals surface area (Å²) in [6, 6.07) is 10.5. The van der Waals surface area contributed by atoms with Crippen LogP contribution < -0.4 is 0 Å². The third kappa shape index (κ3) is 2.85. The molecular weight excluding hydrogens is 256 g/mol. The monoisotopic (exact) mass is 267 g/mol. The largest absolute Gasteiger partial charge is 0.272 e. The fraction of sp³-hybridized carbons (Fsp3) is 0.214. The molecule has 1 heterocycles. The summed E-state index contributed by atoms with van der Waals surface area (Å²) in [5, 5.41) is 0. The molecule has 1 aromatic carbocycles. The van der Waals surface area contributed by atoms with Crippen molar-refractivity contribution in [2.24, 2.45) is 0 Å². The van der Waals surface area contributed by atoms with Crippen LogP contribution in [0.4, 0.5) is 8.78 Å². The van der Waals surface area contributed by atoms with Gasteiger partial charge in [0.2, 0.25) is 0 Å². The molecule has 0 radical (unpaired) electrons. The zero-order valence-corrected chi connectivity index (χ0v) is 10.6. The van der Waals surface area contributed by atoms with Crippen molar-refractivity contribution in [1.82, 2.24) is 4.98 Å². The second kappa shape index (κ2) is 5.02. The normalized spacial score (nSPS) is 11.6. The number of pyridine rings is 1. The molecule has 2 aromatic rings. The first-order chi connectivity index (χ1) is 8.50. The molecule has 0 fully saturated rings. The van der Waals surface area contributed by atoms with Crippen LogP contribution in [0.15, 0.2) is 42.6 Å². The molecule has 2 rings (SSSR count). The number of aromatic nitrogens is 1. The first-order valence-corrected chi connectivity index (χ1v) is 6.04. The molecule has 0 bridgehead atoms. The van der Waals surface area contributed by atoms with E-state index in [2.05, 4.69) is 4.98 Å². The molecule has 1 aromatic heterocycles. The van der Waals surface area contributed by atoms with Gasteiger partial charge in [-0.05, 0) is 17.7 Å². The Bertz CT molecular complexity index is 515. The third-order valence-corrected chi connectivity index (χ3v) is 2.98. The van der Waals surface area contributed by atoms with E-state index >= 15 is 0 Å². The van der Waals surface area contributed by atoms with Crippen LogP contribution >= 0.6 is 11.6 Å². The van der Waals surface area contributed by atoms with Crippen molar-refractivity contribution in [3.8, 4) is 11.3 Å². The Morgan fingerprint density at radius 1 is 1.11 bits per heavy atom. The first-order valence-electron chi connectivity index (χ1n) is 5.50. The molecule has 0 saturated carbocycles. The number of hydrogen-bond donors (Lipinski definition) is 0. The average molecular weight is 268 g/mol. The van der Waals surface area contributed by atoms with Crippen LogP contribution in [-0.2, 0) is 11.8 Å². The zero-order chi connectivity index (χ0) is 13.2. The topological polar surface area (TPSA) is 12.9 Å². The molecule has 0 aliphatic carbocycles. The molecule has 4 heteroatoms. The van der Waals surface area contributed by atoms with Gasteiger partial charge in [0.1, 0.15) is 0 Å². The summed E-state index contributed by atoms with van der Waals surface area (Å²) in [7, 11) is 0. The maximum atomic E-state index is 13.0. The fourth-order valence-corrected chi connectivity index (χ4v) is 1.77. The molecule has 0 unspecified atom stereocenters. The molecule has 0 saturated heterocycles. The second-order valence-electron chi connectivity index (χ2n) is 4.15. The van der Waals surface area contributed by atoms with E-state index in [1.165, 1.54) is 12.3 Å². The lowest BCUT2D eigenvalue weighted by Gasteiger charge is -2.10. The van der Waals surface area contributed by atoms with E-state index in [0.29, 0.717) is 11.6 Å². The Kier molecular flexibility index (Phi) is 3.62. The van der Waals surface area contributed by atoms with Crippen molar-refractivity contribution < 1.29 is 8.78 Å². The summed E-state index contributed by atoms with van der Waals surface area (Å²) in [5.41, 5.74) is 2.49. The highest BCUT2D eigenvalue weighted by molar-refractivity contribution is 6.17. The summed E-state index contributed by atoms with van der Waals surface area (Å²) < 4.78 is 26.1. The molecular formula is C14H12ClF2N. The van der Waals surface area contributed by atoms with Gasteiger partial charge in [0.25, 0.3) is 5.92 Å². The highest BCUT2D eigenvalue weighted by atomic mass is 35.5. The Morgan fingerprint density at radius 3 is 2.22 bits per heavy atom. The second-order valence-corrected chi connectivity index (χ2v) is 4.42. The number of halogens is 3. The van der Waals surface area contributed by atoms with E-state index in [1.54, 1.807) is 6.07 Å². The third-order valence-electron chi connectivity index (χ3n) is 2.67. The lowest BCUT2D eigenvalue weighted by molar-refractivity contribution is 0.0171. The lowest BCUT2D eigenvalue weighted by Crippen LogP contribution is -2.07. The maximum absolute atomic E-state index is 13.0. The Labute approximate surface area is 109 Å². The summed E-state index contributed by atoms with van der Waals surface area (Å²) in [6.07, 6.45) is 1.21. The molecule has 18 heavy (non-hydrogen) atoms. The van der Waals surface area contributed by atoms with Crippen LogP contribution in [0.2, 0.25) is 0 Å². The van der Waals surface area contributed by atoms with Crippen molar-refractivity contribution in [2.45, 2.75) is 18.7 Å². The molecule has 0 atom stereocenters. The molecule has 0 aliphatic rings. The summed E-state index contributed by atoms with van der Waals surface area (Å²) in [5.74, 6) is -2.40. The van der Waals surface area contributed by atoms with Gasteiger partial charge in [-0.3, -0.25) is 4.98 Å². The zero-order valence-electron chi connectivity index (χ0n) is 9.83. The van der Waals surface area contributed by atoms with E-state index in [1.807, 2.05) is 24.3 Å². The van der Waals surface area contributed by atoms with Crippen LogP contribution in [0.1, 0.15) is 18.1 Å². The van der Waals surface area contributed by atoms with Gasteiger partial charge in [0.15, 0.2) is 0 Å². The molecule has 0 aliphatic heterocycles. The van der Waals surface area contributed by atoms with Gasteiger partial charge in [-0.25, -0.2) is 8.78 Å². The van der Waals surface area contributed by atoms with Crippen molar-refractivity contribution in [3.63, 3.8) is 0 Å². The van der Waals surface area contributed by atoms with Crippen molar-refractivity contribution in [2.75, 3.05) is 0 Å². The molecule has 0 spiro atoms. The van der Waals surface area contributed by atoms with Crippen LogP contribution in [0.5, 0.6) is 0 Å². The molecule has 1 nitrogen and oxygen atoms in total. The number of hydrogen-bond acceptors (Lipinski definition) is 1. The summed E-state index contributed by atoms with van der Waals surface area (Å²) >= 11 is 5.70. The van der Waals surface area contributed by atoms with Gasteiger partial charge in [0.05, 0.1) is 5.69 Å². The van der Waals surface area contributed by atoms with E-state index in [0.717, 1.165) is 18.1 Å². The Balaban J connectivity index is 2.28. The Morgan fingerprint density at radius 2 is 1.78 bits per heavy atom. The summed E-state index contributed by atoms with van der Waals surface area (Å²) in [6.45, 7) is 0.860. The van der Waals surface area contributed by atoms with Gasteiger partial charge >= 0.3 is 0 Å². The minimum Gasteiger partial charge on any atom is -0.256 e. The predicted molar refractivity (Wildman–Crippen MR) is 68.8 cm³/mol. The van der Waals surface area contributed by atoms with E-state index < -0.39 is 5.92 Å². The number of benzene rings is 1. The van der Waals surface area contributed by atoms with Gasteiger partial charge in [0, 0.05) is 30.1 Å². The van der Waals surface area contributed by atoms with Crippen molar-refractivity contribution in [3.05, 3.63) is 53.7 Å².